The predicted molar refractivity (Wildman–Crippen MR) is 144 cm³/mol. The van der Waals surface area contributed by atoms with Gasteiger partial charge in [-0.2, -0.15) is 0 Å². The van der Waals surface area contributed by atoms with Gasteiger partial charge < -0.3 is 24.0 Å². The molecule has 0 fully saturated rings. The number of primary amides is 1. The number of nitrogens with one attached hydrogen (secondary N) is 1. The Kier molecular flexibility index (Phi) is 8.06. The number of aryl methyl sites for hydroxylation is 1. The average molecular weight is 553 g/mol. The van der Waals surface area contributed by atoms with Crippen molar-refractivity contribution in [2.75, 3.05) is 11.9 Å². The van der Waals surface area contributed by atoms with Gasteiger partial charge in [0.1, 0.15) is 22.5 Å². The maximum atomic E-state index is 13.5. The van der Waals surface area contributed by atoms with Crippen LogP contribution in [-0.4, -0.2) is 30.5 Å². The van der Waals surface area contributed by atoms with Crippen LogP contribution in [0.3, 0.4) is 0 Å². The van der Waals surface area contributed by atoms with Crippen LogP contribution >= 0.6 is 11.6 Å². The smallest absolute Gasteiger partial charge is 0.342 e. The van der Waals surface area contributed by atoms with Gasteiger partial charge in [-0.15, -0.1) is 0 Å². The number of fused-ring (bicyclic) bond motifs is 1. The highest BCUT2D eigenvalue weighted by atomic mass is 35.5. The van der Waals surface area contributed by atoms with Gasteiger partial charge in [-0.3, -0.25) is 19.7 Å². The van der Waals surface area contributed by atoms with Crippen molar-refractivity contribution in [2.45, 2.75) is 33.3 Å². The first kappa shape index (κ1) is 27.5. The Hall–Kier alpha value is -4.57. The first-order chi connectivity index (χ1) is 18.7. The number of hydrogen-bond acceptors (Lipinski definition) is 8. The molecule has 0 aliphatic heterocycles. The number of ether oxygens (including phenoxy) is 2. The number of anilines is 1. The Labute approximate surface area is 227 Å². The van der Waals surface area contributed by atoms with Gasteiger partial charge in [0.15, 0.2) is 11.9 Å². The van der Waals surface area contributed by atoms with E-state index in [0.717, 1.165) is 0 Å². The number of halogens is 1. The third-order valence-electron chi connectivity index (χ3n) is 5.84. The fourth-order valence-electron chi connectivity index (χ4n) is 4.03. The summed E-state index contributed by atoms with van der Waals surface area (Å²) in [5.41, 5.74) is 5.16. The van der Waals surface area contributed by atoms with Gasteiger partial charge in [0.25, 0.3) is 11.8 Å². The zero-order chi connectivity index (χ0) is 28.3. The molecule has 2 heterocycles. The lowest BCUT2D eigenvalue weighted by Crippen LogP contribution is -2.34. The van der Waals surface area contributed by atoms with E-state index in [4.69, 9.17) is 35.6 Å². The maximum absolute atomic E-state index is 13.5. The van der Waals surface area contributed by atoms with Crippen molar-refractivity contribution in [1.29, 1.82) is 0 Å². The lowest BCUT2D eigenvalue weighted by atomic mass is 10.1. The SMILES string of the molecule is CCOC(=O)c1c(C)oc(NC(=O)C(CC)Oc2c(-c3ccccc3Cl)oc3ccccc3c2=O)c1C(N)=O. The molecule has 4 rings (SSSR count). The normalized spacial score (nSPS) is 11.7. The van der Waals surface area contributed by atoms with Gasteiger partial charge in [-0.25, -0.2) is 4.79 Å². The van der Waals surface area contributed by atoms with Gasteiger partial charge in [-0.1, -0.05) is 42.8 Å². The molecule has 4 aromatic rings. The van der Waals surface area contributed by atoms with E-state index >= 15 is 0 Å². The third kappa shape index (κ3) is 5.37. The highest BCUT2D eigenvalue weighted by Gasteiger charge is 2.32. The van der Waals surface area contributed by atoms with Gasteiger partial charge in [0.2, 0.25) is 17.1 Å². The minimum absolute atomic E-state index is 0.0303. The standard InChI is InChI=1S/C28H25ClN2O8/c1-4-18(26(34)31-27-21(25(30)33)20(14(3)37-27)28(35)36-5-2)38-24-22(32)16-11-7-9-13-19(16)39-23(24)15-10-6-8-12-17(15)29/h6-13,18H,4-5H2,1-3H3,(H2,30,33)(H,31,34). The molecule has 1 unspecified atom stereocenters. The van der Waals surface area contributed by atoms with E-state index in [1.807, 2.05) is 0 Å². The maximum Gasteiger partial charge on any atom is 0.342 e. The molecule has 0 aliphatic rings. The molecule has 0 bridgehead atoms. The third-order valence-corrected chi connectivity index (χ3v) is 6.17. The number of carbonyl (C=O) groups excluding carboxylic acids is 3. The van der Waals surface area contributed by atoms with Crippen LogP contribution in [0.1, 0.15) is 46.7 Å². The number of rotatable bonds is 9. The molecule has 1 atom stereocenters. The summed E-state index contributed by atoms with van der Waals surface area (Å²) < 4.78 is 22.5. The number of hydrogen-bond donors (Lipinski definition) is 2. The summed E-state index contributed by atoms with van der Waals surface area (Å²) in [6.45, 7) is 4.74. The van der Waals surface area contributed by atoms with Crippen LogP contribution < -0.4 is 21.2 Å². The van der Waals surface area contributed by atoms with Crippen molar-refractivity contribution in [2.24, 2.45) is 5.73 Å². The lowest BCUT2D eigenvalue weighted by Gasteiger charge is -2.19. The van der Waals surface area contributed by atoms with Crippen molar-refractivity contribution in [3.8, 4) is 17.1 Å². The van der Waals surface area contributed by atoms with E-state index in [1.54, 1.807) is 62.4 Å². The number of para-hydroxylation sites is 1. The minimum atomic E-state index is -1.24. The Morgan fingerprint density at radius 1 is 1.03 bits per heavy atom. The summed E-state index contributed by atoms with van der Waals surface area (Å²) in [4.78, 5) is 51.4. The summed E-state index contributed by atoms with van der Waals surface area (Å²) in [5, 5.41) is 3.00. The summed E-state index contributed by atoms with van der Waals surface area (Å²) in [7, 11) is 0. The van der Waals surface area contributed by atoms with Crippen molar-refractivity contribution in [3.63, 3.8) is 0 Å². The molecule has 0 saturated heterocycles. The van der Waals surface area contributed by atoms with E-state index in [9.17, 15) is 19.2 Å². The van der Waals surface area contributed by atoms with E-state index in [1.165, 1.54) is 6.92 Å². The molecule has 39 heavy (non-hydrogen) atoms. The van der Waals surface area contributed by atoms with Crippen molar-refractivity contribution in [3.05, 3.63) is 80.7 Å². The second-order valence-corrected chi connectivity index (χ2v) is 8.80. The highest BCUT2D eigenvalue weighted by molar-refractivity contribution is 6.33. The first-order valence-electron chi connectivity index (χ1n) is 12.1. The molecule has 2 aromatic carbocycles. The van der Waals surface area contributed by atoms with Gasteiger partial charge in [-0.05, 0) is 44.5 Å². The van der Waals surface area contributed by atoms with Crippen LogP contribution in [0.2, 0.25) is 5.02 Å². The van der Waals surface area contributed by atoms with Gasteiger partial charge >= 0.3 is 5.97 Å². The molecule has 0 spiro atoms. The molecule has 0 saturated carbocycles. The molecule has 202 valence electrons. The average Bonchev–Trinajstić information content (AvgIpc) is 3.24. The molecular weight excluding hydrogens is 528 g/mol. The van der Waals surface area contributed by atoms with E-state index in [-0.39, 0.29) is 52.7 Å². The van der Waals surface area contributed by atoms with E-state index < -0.39 is 29.3 Å². The molecule has 11 heteroatoms. The van der Waals surface area contributed by atoms with E-state index in [0.29, 0.717) is 16.2 Å². The highest BCUT2D eigenvalue weighted by Crippen LogP contribution is 2.36. The molecule has 10 nitrogen and oxygen atoms in total. The predicted octanol–water partition coefficient (Wildman–Crippen LogP) is 5.09. The number of carbonyl (C=O) groups is 3. The number of nitrogens with two attached hydrogens (primary N) is 1. The fraction of sp³-hybridized carbons (Fsp3) is 0.214. The van der Waals surface area contributed by atoms with Crippen molar-refractivity contribution in [1.82, 2.24) is 0 Å². The Morgan fingerprint density at radius 2 is 1.72 bits per heavy atom. The summed E-state index contributed by atoms with van der Waals surface area (Å²) in [6, 6.07) is 13.3. The summed E-state index contributed by atoms with van der Waals surface area (Å²) in [6.07, 6.45) is -1.14. The topological polar surface area (TPSA) is 151 Å². The fourth-order valence-corrected chi connectivity index (χ4v) is 4.25. The number of furan rings is 1. The lowest BCUT2D eigenvalue weighted by molar-refractivity contribution is -0.123. The minimum Gasteiger partial charge on any atom is -0.473 e. The van der Waals surface area contributed by atoms with Gasteiger partial charge in [0.05, 0.1) is 17.0 Å². The van der Waals surface area contributed by atoms with Crippen molar-refractivity contribution < 1.29 is 32.7 Å². The van der Waals surface area contributed by atoms with Crippen LogP contribution in [0.25, 0.3) is 22.3 Å². The second kappa shape index (κ2) is 11.4. The van der Waals surface area contributed by atoms with Crippen LogP contribution in [0.15, 0.2) is 62.2 Å². The first-order valence-corrected chi connectivity index (χ1v) is 12.4. The van der Waals surface area contributed by atoms with Crippen LogP contribution in [0, 0.1) is 6.92 Å². The number of amides is 2. The largest absolute Gasteiger partial charge is 0.473 e. The Balaban J connectivity index is 1.75. The molecule has 2 amide bonds. The summed E-state index contributed by atoms with van der Waals surface area (Å²) in [5.74, 6) is -3.07. The van der Waals surface area contributed by atoms with Crippen LogP contribution in [0.4, 0.5) is 5.88 Å². The molecule has 0 radical (unpaired) electrons. The summed E-state index contributed by atoms with van der Waals surface area (Å²) >= 11 is 6.40. The molecule has 3 N–H and O–H groups in total. The monoisotopic (exact) mass is 552 g/mol. The number of esters is 1. The Bertz CT molecular complexity index is 1640. The van der Waals surface area contributed by atoms with Gasteiger partial charge in [0, 0.05) is 5.56 Å². The van der Waals surface area contributed by atoms with Crippen LogP contribution in [-0.2, 0) is 9.53 Å². The molecule has 0 aliphatic carbocycles. The zero-order valence-electron chi connectivity index (χ0n) is 21.3. The Morgan fingerprint density at radius 3 is 2.38 bits per heavy atom. The van der Waals surface area contributed by atoms with Crippen LogP contribution in [0.5, 0.6) is 5.75 Å². The number of benzene rings is 2. The van der Waals surface area contributed by atoms with Crippen molar-refractivity contribution >= 4 is 46.2 Å². The second-order valence-electron chi connectivity index (χ2n) is 8.39. The zero-order valence-corrected chi connectivity index (χ0v) is 22.1. The molecule has 2 aromatic heterocycles. The quantitative estimate of drug-likeness (QED) is 0.272. The molecular formula is C28H25ClN2O8. The van der Waals surface area contributed by atoms with E-state index in [2.05, 4.69) is 5.32 Å².